The number of rotatable bonds is 10. The van der Waals surface area contributed by atoms with Crippen molar-refractivity contribution in [2.24, 2.45) is 0 Å². The van der Waals surface area contributed by atoms with Gasteiger partial charge < -0.3 is 29.8 Å². The van der Waals surface area contributed by atoms with Crippen LogP contribution in [0.15, 0.2) is 121 Å². The summed E-state index contributed by atoms with van der Waals surface area (Å²) in [6.45, 7) is 0. The summed E-state index contributed by atoms with van der Waals surface area (Å²) in [6.07, 6.45) is 1.03. The molecule has 6 rings (SSSR count). The van der Waals surface area contributed by atoms with Gasteiger partial charge in [0.1, 0.15) is 11.6 Å². The molecule has 0 aliphatic carbocycles. The lowest BCUT2D eigenvalue weighted by Gasteiger charge is -2.29. The van der Waals surface area contributed by atoms with Crippen LogP contribution in [0.4, 0.5) is 10.1 Å². The molecule has 0 amide bonds. The highest BCUT2D eigenvalue weighted by atomic mass is 32.1. The maximum Gasteiger partial charge on any atom is 0.356 e. The maximum atomic E-state index is 13.4. The first-order valence-corrected chi connectivity index (χ1v) is 17.7. The minimum atomic E-state index is -4.37. The van der Waals surface area contributed by atoms with Gasteiger partial charge in [-0.25, -0.2) is 4.39 Å². The average Bonchev–Trinajstić information content (AvgIpc) is 3.33. The van der Waals surface area contributed by atoms with Gasteiger partial charge in [0.25, 0.3) is 0 Å². The van der Waals surface area contributed by atoms with Crippen LogP contribution in [-0.2, 0) is 4.57 Å². The van der Waals surface area contributed by atoms with Gasteiger partial charge in [0.05, 0.1) is 23.5 Å². The summed E-state index contributed by atoms with van der Waals surface area (Å²) in [4.78, 5) is 23.1. The van der Waals surface area contributed by atoms with Crippen LogP contribution in [0.1, 0.15) is 42.5 Å². The summed E-state index contributed by atoms with van der Waals surface area (Å²) >= 11 is 6.03. The minimum absolute atomic E-state index is 0.0666. The second-order valence-electron chi connectivity index (χ2n) is 12.1. The number of thiocarbonyl (C=S) groups is 1. The highest BCUT2D eigenvalue weighted by Crippen LogP contribution is 2.45. The van der Waals surface area contributed by atoms with Gasteiger partial charge >= 0.3 is 7.60 Å². The molecular weight excluding hydrogens is 646 g/mol. The van der Waals surface area contributed by atoms with Crippen molar-refractivity contribution in [2.45, 2.75) is 37.5 Å². The largest absolute Gasteiger partial charge is 0.508 e. The molecule has 5 aromatic carbocycles. The third-order valence-corrected chi connectivity index (χ3v) is 10.5. The number of hydrogen-bond donors (Lipinski definition) is 4. The van der Waals surface area contributed by atoms with E-state index in [4.69, 9.17) is 12.2 Å². The number of phenolic OH excluding ortho intramolecular Hbond substituents is 1. The lowest BCUT2D eigenvalue weighted by molar-refractivity contribution is 0.159. The molecule has 48 heavy (non-hydrogen) atoms. The summed E-state index contributed by atoms with van der Waals surface area (Å²) in [5.74, 6) is -0.285. The number of aromatic hydroxyl groups is 1. The molecule has 4 N–H and O–H groups in total. The van der Waals surface area contributed by atoms with E-state index in [0.717, 1.165) is 16.8 Å². The molecular formula is C38H36FN2O5PS. The van der Waals surface area contributed by atoms with Crippen molar-refractivity contribution in [3.8, 4) is 28.0 Å². The van der Waals surface area contributed by atoms with E-state index >= 15 is 0 Å². The normalized spacial score (nSPS) is 17.1. The fraction of sp³-hybridized carbons (Fsp3) is 0.184. The van der Waals surface area contributed by atoms with Gasteiger partial charge in [-0.2, -0.15) is 0 Å². The van der Waals surface area contributed by atoms with E-state index in [1.807, 2.05) is 54.4 Å². The molecule has 1 saturated heterocycles. The monoisotopic (exact) mass is 682 g/mol. The molecule has 5 aromatic rings. The molecule has 1 unspecified atom stereocenters. The number of likely N-dealkylation sites (N-methyl/N-ethyl adjacent to an activating group) is 1. The number of anilines is 1. The van der Waals surface area contributed by atoms with Crippen LogP contribution in [0.3, 0.4) is 0 Å². The summed E-state index contributed by atoms with van der Waals surface area (Å²) in [6, 6.07) is 35.1. The van der Waals surface area contributed by atoms with E-state index in [1.54, 1.807) is 30.3 Å². The van der Waals surface area contributed by atoms with E-state index in [0.29, 0.717) is 46.6 Å². The van der Waals surface area contributed by atoms with Gasteiger partial charge in [0.2, 0.25) is 0 Å². The zero-order chi connectivity index (χ0) is 34.0. The van der Waals surface area contributed by atoms with Gasteiger partial charge in [-0.15, -0.1) is 0 Å². The first-order valence-electron chi connectivity index (χ1n) is 15.7. The van der Waals surface area contributed by atoms with Crippen molar-refractivity contribution < 1.29 is 29.0 Å². The van der Waals surface area contributed by atoms with Crippen LogP contribution in [0.2, 0.25) is 0 Å². The van der Waals surface area contributed by atoms with Crippen LogP contribution in [0.25, 0.3) is 22.3 Å². The highest BCUT2D eigenvalue weighted by molar-refractivity contribution is 7.80. The zero-order valence-corrected chi connectivity index (χ0v) is 27.9. The lowest BCUT2D eigenvalue weighted by Crippen LogP contribution is -2.30. The second-order valence-corrected chi connectivity index (χ2v) is 14.0. The fourth-order valence-electron chi connectivity index (χ4n) is 6.42. The summed E-state index contributed by atoms with van der Waals surface area (Å²) in [5, 5.41) is 22.9. The zero-order valence-electron chi connectivity index (χ0n) is 26.2. The van der Waals surface area contributed by atoms with Crippen molar-refractivity contribution in [1.82, 2.24) is 4.90 Å². The van der Waals surface area contributed by atoms with Gasteiger partial charge in [0, 0.05) is 18.3 Å². The van der Waals surface area contributed by atoms with E-state index < -0.39 is 13.7 Å². The Morgan fingerprint density at radius 1 is 0.812 bits per heavy atom. The molecule has 0 radical (unpaired) electrons. The SMILES string of the molecule is CN1C(=S)N(c2ccc(-c3ccccc3)cc2)[C@H](c2ccc(-c3ccc(P(=O)(O)O)cc3)cc2O)[C@H]1CCCC(O)c1ccc(F)cc1. The highest BCUT2D eigenvalue weighted by Gasteiger charge is 2.44. The molecule has 1 aliphatic rings. The Hall–Kier alpha value is -4.37. The molecule has 246 valence electrons. The quantitative estimate of drug-likeness (QED) is 0.0878. The Morgan fingerprint density at radius 2 is 1.40 bits per heavy atom. The Kier molecular flexibility index (Phi) is 9.78. The van der Waals surface area contributed by atoms with Crippen LogP contribution < -0.4 is 10.2 Å². The fourth-order valence-corrected chi connectivity index (χ4v) is 7.31. The number of aliphatic hydroxyl groups is 1. The number of hydrogen-bond acceptors (Lipinski definition) is 4. The van der Waals surface area contributed by atoms with E-state index in [1.165, 1.54) is 24.3 Å². The van der Waals surface area contributed by atoms with E-state index in [-0.39, 0.29) is 29.0 Å². The summed E-state index contributed by atoms with van der Waals surface area (Å²) in [5.41, 5.74) is 5.77. The first kappa shape index (κ1) is 33.5. The van der Waals surface area contributed by atoms with Gasteiger partial charge in [-0.05, 0) is 102 Å². The molecule has 10 heteroatoms. The smallest absolute Gasteiger partial charge is 0.356 e. The van der Waals surface area contributed by atoms with Crippen LogP contribution in [-0.4, -0.2) is 43.1 Å². The van der Waals surface area contributed by atoms with Gasteiger partial charge in [0.15, 0.2) is 5.11 Å². The second kappa shape index (κ2) is 14.0. The van der Waals surface area contributed by atoms with Crippen LogP contribution in [0.5, 0.6) is 5.75 Å². The van der Waals surface area contributed by atoms with Crippen molar-refractivity contribution in [3.05, 3.63) is 138 Å². The Balaban J connectivity index is 1.32. The van der Waals surface area contributed by atoms with E-state index in [2.05, 4.69) is 29.2 Å². The molecule has 0 spiro atoms. The predicted molar refractivity (Wildman–Crippen MR) is 192 cm³/mol. The van der Waals surface area contributed by atoms with Gasteiger partial charge in [-0.1, -0.05) is 78.9 Å². The van der Waals surface area contributed by atoms with E-state index in [9.17, 15) is 29.0 Å². The molecule has 0 aromatic heterocycles. The van der Waals surface area contributed by atoms with Crippen LogP contribution >= 0.6 is 19.8 Å². The average molecular weight is 683 g/mol. The molecule has 1 fully saturated rings. The minimum Gasteiger partial charge on any atom is -0.508 e. The standard InChI is InChI=1S/C38H36FN2O5PS/c1-40-34(8-5-9-35(42)28-10-17-30(39)18-11-28)37(41(38(40)48)31-19-12-26(13-20-31)25-6-3-2-4-7-25)33-23-16-29(24-36(33)43)27-14-21-32(22-15-27)47(44,45)46/h2-4,6-7,10-24,34-35,37,42-43H,5,8-9H2,1H3,(H2,44,45,46)/t34-,35?,37-/m1/s1. The number of aliphatic hydroxyl groups excluding tert-OH is 1. The topological polar surface area (TPSA) is 104 Å². The third-order valence-electron chi connectivity index (χ3n) is 9.02. The van der Waals surface area contributed by atoms with Crippen molar-refractivity contribution >= 4 is 35.9 Å². The lowest BCUT2D eigenvalue weighted by atomic mass is 9.91. The molecule has 0 saturated carbocycles. The van der Waals surface area contributed by atoms with Crippen LogP contribution in [0, 0.1) is 5.82 Å². The number of nitrogens with zero attached hydrogens (tertiary/aromatic N) is 2. The number of halogens is 1. The van der Waals surface area contributed by atoms with Gasteiger partial charge in [-0.3, -0.25) is 4.57 Å². The Morgan fingerprint density at radius 3 is 2.02 bits per heavy atom. The number of phenols is 1. The first-order chi connectivity index (χ1) is 23.0. The molecule has 1 heterocycles. The Bertz CT molecular complexity index is 1940. The van der Waals surface area contributed by atoms with Crippen molar-refractivity contribution in [1.29, 1.82) is 0 Å². The molecule has 0 bridgehead atoms. The summed E-state index contributed by atoms with van der Waals surface area (Å²) < 4.78 is 25.1. The Labute approximate surface area is 284 Å². The van der Waals surface area contributed by atoms with Crippen molar-refractivity contribution in [3.63, 3.8) is 0 Å². The summed E-state index contributed by atoms with van der Waals surface area (Å²) in [7, 11) is -2.43. The molecule has 1 aliphatic heterocycles. The van der Waals surface area contributed by atoms with Crippen molar-refractivity contribution in [2.75, 3.05) is 11.9 Å². The number of benzene rings is 5. The predicted octanol–water partition coefficient (Wildman–Crippen LogP) is 7.72. The maximum absolute atomic E-state index is 13.4. The molecule has 3 atom stereocenters. The molecule has 7 nitrogen and oxygen atoms in total. The third kappa shape index (κ3) is 7.06.